The van der Waals surface area contributed by atoms with E-state index in [4.69, 9.17) is 22.7 Å². The van der Waals surface area contributed by atoms with Gasteiger partial charge in [0.2, 0.25) is 0 Å². The Morgan fingerprint density at radius 1 is 1.05 bits per heavy atom. The molecule has 0 saturated heterocycles. The Morgan fingerprint density at radius 2 is 1.81 bits per heavy atom. The number of hydrogen-bond acceptors (Lipinski definition) is 2. The van der Waals surface area contributed by atoms with E-state index in [1.807, 2.05) is 31.2 Å². The normalized spacial score (nSPS) is 13.6. The molecule has 0 saturated carbocycles. The van der Waals surface area contributed by atoms with Crippen LogP contribution in [-0.2, 0) is 12.8 Å². The lowest BCUT2D eigenvalue weighted by molar-refractivity contribution is 0.479. The molecule has 21 heavy (non-hydrogen) atoms. The zero-order valence-electron chi connectivity index (χ0n) is 12.2. The van der Waals surface area contributed by atoms with Crippen LogP contribution in [0.3, 0.4) is 0 Å². The highest BCUT2D eigenvalue weighted by molar-refractivity contribution is 7.80. The second kappa shape index (κ2) is 5.86. The van der Waals surface area contributed by atoms with Gasteiger partial charge in [0, 0.05) is 0 Å². The van der Waals surface area contributed by atoms with Gasteiger partial charge in [0.15, 0.2) is 0 Å². The van der Waals surface area contributed by atoms with E-state index in [0.717, 1.165) is 29.0 Å². The molecule has 0 heterocycles. The van der Waals surface area contributed by atoms with Gasteiger partial charge in [-0.05, 0) is 73.6 Å². The fourth-order valence-electron chi connectivity index (χ4n) is 2.82. The SMILES string of the molecule is Cc1ccc(C(N)=S)c(Oc2ccc3c(c2)CCCC3)c1. The average Bonchev–Trinajstić information content (AvgIpc) is 2.47. The molecule has 0 atom stereocenters. The maximum absolute atomic E-state index is 6.05. The van der Waals surface area contributed by atoms with Crippen LogP contribution in [0.5, 0.6) is 11.5 Å². The Balaban J connectivity index is 1.93. The van der Waals surface area contributed by atoms with Crippen LogP contribution in [0.4, 0.5) is 0 Å². The summed E-state index contributed by atoms with van der Waals surface area (Å²) in [6, 6.07) is 12.3. The molecule has 2 aromatic rings. The number of nitrogens with two attached hydrogens (primary N) is 1. The van der Waals surface area contributed by atoms with E-state index in [-0.39, 0.29) is 0 Å². The van der Waals surface area contributed by atoms with Crippen LogP contribution in [0, 0.1) is 6.92 Å². The number of hydrogen-bond donors (Lipinski definition) is 1. The van der Waals surface area contributed by atoms with Gasteiger partial charge >= 0.3 is 0 Å². The Kier molecular flexibility index (Phi) is 3.93. The zero-order valence-corrected chi connectivity index (χ0v) is 13.0. The first-order valence-corrected chi connectivity index (χ1v) is 7.74. The lowest BCUT2D eigenvalue weighted by atomic mass is 9.92. The molecule has 0 amide bonds. The standard InChI is InChI=1S/C18H19NOS/c1-12-6-9-16(18(19)21)17(10-12)20-15-8-7-13-4-2-3-5-14(13)11-15/h6-11H,2-5H2,1H3,(H2,19,21). The average molecular weight is 297 g/mol. The van der Waals surface area contributed by atoms with Crippen molar-refractivity contribution >= 4 is 17.2 Å². The zero-order chi connectivity index (χ0) is 14.8. The number of benzene rings is 2. The molecule has 0 aliphatic heterocycles. The maximum atomic E-state index is 6.05. The molecule has 0 aromatic heterocycles. The third-order valence-corrected chi connectivity index (χ3v) is 4.17. The first kappa shape index (κ1) is 14.1. The van der Waals surface area contributed by atoms with E-state index in [2.05, 4.69) is 12.1 Å². The molecular formula is C18H19NOS. The lowest BCUT2D eigenvalue weighted by Crippen LogP contribution is -2.11. The Labute approximate surface area is 130 Å². The molecule has 2 nitrogen and oxygen atoms in total. The van der Waals surface area contributed by atoms with Crippen molar-refractivity contribution in [1.29, 1.82) is 0 Å². The summed E-state index contributed by atoms with van der Waals surface area (Å²) in [5.41, 5.74) is 10.6. The molecule has 108 valence electrons. The second-order valence-electron chi connectivity index (χ2n) is 5.60. The number of thiocarbonyl (C=S) groups is 1. The lowest BCUT2D eigenvalue weighted by Gasteiger charge is -2.17. The van der Waals surface area contributed by atoms with Gasteiger partial charge in [0.1, 0.15) is 16.5 Å². The van der Waals surface area contributed by atoms with E-state index in [9.17, 15) is 0 Å². The highest BCUT2D eigenvalue weighted by Gasteiger charge is 2.12. The van der Waals surface area contributed by atoms with Gasteiger partial charge in [0.05, 0.1) is 5.56 Å². The Bertz CT molecular complexity index is 694. The summed E-state index contributed by atoms with van der Waals surface area (Å²) in [5.74, 6) is 1.59. The summed E-state index contributed by atoms with van der Waals surface area (Å²) in [6.07, 6.45) is 4.87. The second-order valence-corrected chi connectivity index (χ2v) is 6.04. The van der Waals surface area contributed by atoms with Crippen LogP contribution in [-0.4, -0.2) is 4.99 Å². The summed E-state index contributed by atoms with van der Waals surface area (Å²) in [6.45, 7) is 2.03. The summed E-state index contributed by atoms with van der Waals surface area (Å²) in [4.78, 5) is 0.364. The predicted molar refractivity (Wildman–Crippen MR) is 90.2 cm³/mol. The van der Waals surface area contributed by atoms with Crippen LogP contribution in [0.15, 0.2) is 36.4 Å². The monoisotopic (exact) mass is 297 g/mol. The van der Waals surface area contributed by atoms with Crippen molar-refractivity contribution in [1.82, 2.24) is 0 Å². The quantitative estimate of drug-likeness (QED) is 0.858. The van der Waals surface area contributed by atoms with Crippen LogP contribution in [0.25, 0.3) is 0 Å². The smallest absolute Gasteiger partial charge is 0.137 e. The minimum Gasteiger partial charge on any atom is -0.457 e. The molecule has 3 heteroatoms. The van der Waals surface area contributed by atoms with E-state index in [0.29, 0.717) is 4.99 Å². The van der Waals surface area contributed by atoms with E-state index >= 15 is 0 Å². The van der Waals surface area contributed by atoms with Gasteiger partial charge in [-0.2, -0.15) is 0 Å². The maximum Gasteiger partial charge on any atom is 0.137 e. The van der Waals surface area contributed by atoms with Crippen molar-refractivity contribution in [3.63, 3.8) is 0 Å². The van der Waals surface area contributed by atoms with Crippen molar-refractivity contribution in [2.24, 2.45) is 5.73 Å². The van der Waals surface area contributed by atoms with E-state index < -0.39 is 0 Å². The van der Waals surface area contributed by atoms with Crippen molar-refractivity contribution in [2.45, 2.75) is 32.6 Å². The minimum atomic E-state index is 0.364. The number of aryl methyl sites for hydroxylation is 3. The van der Waals surface area contributed by atoms with Gasteiger partial charge in [0.25, 0.3) is 0 Å². The Morgan fingerprint density at radius 3 is 2.57 bits per heavy atom. The first-order chi connectivity index (χ1) is 10.1. The van der Waals surface area contributed by atoms with Crippen molar-refractivity contribution in [3.05, 3.63) is 58.7 Å². The molecular weight excluding hydrogens is 278 g/mol. The highest BCUT2D eigenvalue weighted by atomic mass is 32.1. The van der Waals surface area contributed by atoms with Gasteiger partial charge in [-0.15, -0.1) is 0 Å². The van der Waals surface area contributed by atoms with Crippen LogP contribution in [0.1, 0.15) is 35.1 Å². The molecule has 0 spiro atoms. The topological polar surface area (TPSA) is 35.2 Å². The largest absolute Gasteiger partial charge is 0.457 e. The molecule has 2 aromatic carbocycles. The van der Waals surface area contributed by atoms with Crippen molar-refractivity contribution < 1.29 is 4.74 Å². The number of ether oxygens (including phenoxy) is 1. The molecule has 2 N–H and O–H groups in total. The van der Waals surface area contributed by atoms with Crippen molar-refractivity contribution in [3.8, 4) is 11.5 Å². The molecule has 0 bridgehead atoms. The summed E-state index contributed by atoms with van der Waals surface area (Å²) in [7, 11) is 0. The summed E-state index contributed by atoms with van der Waals surface area (Å²) < 4.78 is 6.05. The molecule has 0 unspecified atom stereocenters. The third kappa shape index (κ3) is 3.08. The van der Waals surface area contributed by atoms with Crippen LogP contribution in [0.2, 0.25) is 0 Å². The fraction of sp³-hybridized carbons (Fsp3) is 0.278. The molecule has 3 rings (SSSR count). The van der Waals surface area contributed by atoms with E-state index in [1.54, 1.807) is 0 Å². The minimum absolute atomic E-state index is 0.364. The molecule has 1 aliphatic rings. The van der Waals surface area contributed by atoms with Gasteiger partial charge in [-0.1, -0.05) is 24.4 Å². The summed E-state index contributed by atoms with van der Waals surface area (Å²) >= 11 is 5.10. The van der Waals surface area contributed by atoms with Crippen LogP contribution >= 0.6 is 12.2 Å². The number of rotatable bonds is 3. The number of fused-ring (bicyclic) bond motifs is 1. The van der Waals surface area contributed by atoms with E-state index in [1.165, 1.54) is 30.4 Å². The van der Waals surface area contributed by atoms with Gasteiger partial charge < -0.3 is 10.5 Å². The third-order valence-electron chi connectivity index (χ3n) is 3.95. The van der Waals surface area contributed by atoms with Crippen LogP contribution < -0.4 is 10.5 Å². The first-order valence-electron chi connectivity index (χ1n) is 7.33. The predicted octanol–water partition coefficient (Wildman–Crippen LogP) is 4.30. The molecule has 0 fully saturated rings. The van der Waals surface area contributed by atoms with Gasteiger partial charge in [-0.25, -0.2) is 0 Å². The highest BCUT2D eigenvalue weighted by Crippen LogP contribution is 2.30. The fourth-order valence-corrected chi connectivity index (χ4v) is 2.99. The van der Waals surface area contributed by atoms with Crippen molar-refractivity contribution in [2.75, 3.05) is 0 Å². The summed E-state index contributed by atoms with van der Waals surface area (Å²) in [5, 5.41) is 0. The van der Waals surface area contributed by atoms with Gasteiger partial charge in [-0.3, -0.25) is 0 Å². The molecule has 0 radical (unpaired) electrons. The Hall–Kier alpha value is -1.87. The molecule has 1 aliphatic carbocycles.